The molecule has 1 aromatic carbocycles. The molecule has 36 heteroatoms. The Hall–Kier alpha value is -9.28. The summed E-state index contributed by atoms with van der Waals surface area (Å²) in [5.41, 5.74) is -3.19. The van der Waals surface area contributed by atoms with Gasteiger partial charge in [-0.15, -0.1) is 6.42 Å². The summed E-state index contributed by atoms with van der Waals surface area (Å²) in [7, 11) is 0. The van der Waals surface area contributed by atoms with Crippen LogP contribution in [0.25, 0.3) is 0 Å². The smallest absolute Gasteiger partial charge is 0.407 e. The molecular formula is C87H146N12O24. The summed E-state index contributed by atoms with van der Waals surface area (Å²) < 4.78 is 43.9. The van der Waals surface area contributed by atoms with Gasteiger partial charge in [-0.1, -0.05) is 96.1 Å². The fraction of sp³-hybridized carbons (Fsp3) is 0.747. The van der Waals surface area contributed by atoms with E-state index in [-0.39, 0.29) is 129 Å². The average Bonchev–Trinajstić information content (AvgIpc) is 1.37. The van der Waals surface area contributed by atoms with Gasteiger partial charge in [-0.25, -0.2) is 19.2 Å². The first kappa shape index (κ1) is 110. The number of ether oxygens (including phenoxy) is 8. The number of unbranched alkanes of at least 4 members (excludes halogenated alkanes) is 3. The fourth-order valence-electron chi connectivity index (χ4n) is 12.7. The lowest BCUT2D eigenvalue weighted by Crippen LogP contribution is -2.60. The number of hydrogen-bond donors (Lipinski definition) is 14. The van der Waals surface area contributed by atoms with Crippen LogP contribution in [0.4, 0.5) is 19.2 Å². The molecule has 0 spiro atoms. The normalized spacial score (nSPS) is 19.5. The van der Waals surface area contributed by atoms with E-state index in [2.05, 4.69) is 69.7 Å². The van der Waals surface area contributed by atoms with Crippen LogP contribution in [0.5, 0.6) is 0 Å². The van der Waals surface area contributed by atoms with Gasteiger partial charge in [-0.05, 0) is 166 Å². The number of nitrogens with one attached hydrogen (secondary N) is 12. The molecule has 123 heavy (non-hydrogen) atoms. The lowest BCUT2D eigenvalue weighted by molar-refractivity contribution is -0.137. The molecule has 1 aliphatic heterocycles. The highest BCUT2D eigenvalue weighted by Crippen LogP contribution is 2.22. The minimum absolute atomic E-state index is 0.0164. The van der Waals surface area contributed by atoms with Gasteiger partial charge >= 0.3 is 24.4 Å². The van der Waals surface area contributed by atoms with E-state index in [4.69, 9.17) is 44.3 Å². The van der Waals surface area contributed by atoms with Gasteiger partial charge in [0, 0.05) is 70.4 Å². The van der Waals surface area contributed by atoms with Gasteiger partial charge in [0.25, 0.3) is 0 Å². The highest BCUT2D eigenvalue weighted by atomic mass is 16.6. The maximum absolute atomic E-state index is 15.4. The summed E-state index contributed by atoms with van der Waals surface area (Å²) in [6.07, 6.45) is -1.35. The van der Waals surface area contributed by atoms with Crippen LogP contribution in [0.15, 0.2) is 30.3 Å². The molecule has 12 amide bonds. The molecular weight excluding hydrogens is 1600 g/mol. The van der Waals surface area contributed by atoms with E-state index in [9.17, 15) is 53.4 Å². The van der Waals surface area contributed by atoms with Crippen LogP contribution in [-0.4, -0.2) is 256 Å². The zero-order chi connectivity index (χ0) is 92.5. The lowest BCUT2D eigenvalue weighted by Gasteiger charge is -2.29. The van der Waals surface area contributed by atoms with Crippen molar-refractivity contribution < 1.29 is 115 Å². The van der Waals surface area contributed by atoms with Crippen LogP contribution >= 0.6 is 0 Å². The van der Waals surface area contributed by atoms with Crippen molar-refractivity contribution in [3.63, 3.8) is 0 Å². The van der Waals surface area contributed by atoms with Crippen LogP contribution in [0, 0.1) is 36.0 Å². The molecule has 36 nitrogen and oxygen atoms in total. The summed E-state index contributed by atoms with van der Waals surface area (Å²) in [4.78, 5) is 202. The molecule has 2 unspecified atom stereocenters. The number of rotatable bonds is 46. The standard InChI is InChI=1S/C87H146N12O24/c1-19-22-23-27-33-68(101)71(99-72(104)59(34-39-89-80(112)120-84(7,8)9)32-28-45-117-47-49-119-51-50-118-48-46-116-44-21-3)70(103)54-60(35-40-90-81(113)121-85(10,11)12)73(105)94-64-37-41-88-74(106)61(57(6)100)55-69(102)62(36-42-91-82(114)122-86(13,14)15)93-76(108)65(38-43-92-83(115)123-87(16,17)18)96-78(110)66(52-56(4)5)97-79(111)67(53-58-30-25-24-26-31-58)98-75(107)63(29-20-2)95-77(64)109/h3,24-26,30-31,56-57,59-68,71,100-101H,19-20,22-23,27-29,32-55H2,1-2,4-18H3,(H,88,106)(H,89,112)(H,90,113)(H,91,114)(H,92,115)(H,93,108)(H,94,105)(H,95,109)(H,96,110)(H,97,111)(H,98,107)(H,99,104)/t57-,59+,60-,61?,62?,63+,64+,65+,66+,67-,68-,71+/m1/s1. The van der Waals surface area contributed by atoms with Gasteiger partial charge < -0.3 is 112 Å². The molecule has 12 atom stereocenters. The number of benzene rings is 1. The highest BCUT2D eigenvalue weighted by molar-refractivity contribution is 5.99. The van der Waals surface area contributed by atoms with E-state index >= 15 is 24.0 Å². The molecule has 0 radical (unpaired) electrons. The molecule has 1 aromatic rings. The van der Waals surface area contributed by atoms with Gasteiger partial charge in [0.2, 0.25) is 47.3 Å². The number of amides is 12. The number of aliphatic hydroxyl groups is 2. The number of hydrogen-bond acceptors (Lipinski definition) is 24. The summed E-state index contributed by atoms with van der Waals surface area (Å²) in [6, 6.07) is -2.49. The first-order chi connectivity index (χ1) is 57.7. The Morgan fingerprint density at radius 3 is 1.46 bits per heavy atom. The van der Waals surface area contributed by atoms with Gasteiger partial charge in [0.15, 0.2) is 11.6 Å². The summed E-state index contributed by atoms with van der Waals surface area (Å²) in [6.45, 7) is 28.7. The molecule has 0 aliphatic carbocycles. The van der Waals surface area contributed by atoms with Gasteiger partial charge in [0.1, 0.15) is 65.3 Å². The molecule has 0 saturated carbocycles. The van der Waals surface area contributed by atoms with Crippen molar-refractivity contribution in [2.45, 2.75) is 310 Å². The van der Waals surface area contributed by atoms with Crippen molar-refractivity contribution in [3.8, 4) is 12.3 Å². The Morgan fingerprint density at radius 2 is 0.951 bits per heavy atom. The third-order valence-corrected chi connectivity index (χ3v) is 18.7. The minimum atomic E-state index is -1.75. The molecule has 698 valence electrons. The second-order valence-electron chi connectivity index (χ2n) is 35.1. The second-order valence-corrected chi connectivity index (χ2v) is 35.1. The van der Waals surface area contributed by atoms with E-state index in [1.165, 1.54) is 6.92 Å². The molecule has 1 saturated heterocycles. The molecule has 0 bridgehead atoms. The van der Waals surface area contributed by atoms with E-state index in [0.29, 0.717) is 44.6 Å². The van der Waals surface area contributed by atoms with Crippen molar-refractivity contribution in [1.29, 1.82) is 0 Å². The Balaban J connectivity index is 2.98. The number of alkyl carbamates (subject to hydrolysis) is 4. The first-order valence-electron chi connectivity index (χ1n) is 43.2. The number of terminal acetylenes is 1. The zero-order valence-electron chi connectivity index (χ0n) is 75.8. The molecule has 1 fully saturated rings. The monoisotopic (exact) mass is 1740 g/mol. The molecule has 1 aliphatic rings. The van der Waals surface area contributed by atoms with Crippen molar-refractivity contribution in [3.05, 3.63) is 35.9 Å². The Kier molecular flexibility index (Phi) is 51.8. The quantitative estimate of drug-likeness (QED) is 0.0214. The molecule has 14 N–H and O–H groups in total. The average molecular weight is 1740 g/mol. The number of ketones is 2. The molecule has 1 heterocycles. The van der Waals surface area contributed by atoms with E-state index in [1.54, 1.807) is 134 Å². The Bertz CT molecular complexity index is 3480. The van der Waals surface area contributed by atoms with Crippen molar-refractivity contribution in [1.82, 2.24) is 63.8 Å². The van der Waals surface area contributed by atoms with Crippen LogP contribution in [0.2, 0.25) is 0 Å². The van der Waals surface area contributed by atoms with Crippen LogP contribution in [-0.2, 0) is 92.3 Å². The number of carbonyl (C=O) groups excluding carboxylic acids is 14. The molecule has 0 aromatic heterocycles. The van der Waals surface area contributed by atoms with Gasteiger partial charge in [-0.2, -0.15) is 0 Å². The van der Waals surface area contributed by atoms with Crippen molar-refractivity contribution in [2.75, 3.05) is 85.6 Å². The van der Waals surface area contributed by atoms with E-state index in [1.807, 2.05) is 6.92 Å². The third kappa shape index (κ3) is 50.3. The predicted molar refractivity (Wildman–Crippen MR) is 459 cm³/mol. The maximum Gasteiger partial charge on any atom is 0.407 e. The summed E-state index contributed by atoms with van der Waals surface area (Å²) in [5, 5.41) is 55.6. The summed E-state index contributed by atoms with van der Waals surface area (Å²) >= 11 is 0. The highest BCUT2D eigenvalue weighted by Gasteiger charge is 2.40. The van der Waals surface area contributed by atoms with Crippen molar-refractivity contribution >= 4 is 83.2 Å². The zero-order valence-corrected chi connectivity index (χ0v) is 75.8. The largest absolute Gasteiger partial charge is 0.444 e. The van der Waals surface area contributed by atoms with Crippen LogP contribution < -0.4 is 63.8 Å². The van der Waals surface area contributed by atoms with Crippen molar-refractivity contribution in [2.24, 2.45) is 23.7 Å². The number of aliphatic hydroxyl groups excluding tert-OH is 2. The van der Waals surface area contributed by atoms with E-state index < -0.39 is 204 Å². The Labute approximate surface area is 726 Å². The van der Waals surface area contributed by atoms with E-state index in [0.717, 1.165) is 12.8 Å². The minimum Gasteiger partial charge on any atom is -0.444 e. The number of carbonyl (C=O) groups is 14. The number of Topliss-reactive ketones (excluding diaryl/α,β-unsaturated/α-hetero) is 2. The van der Waals surface area contributed by atoms with Crippen LogP contribution in [0.1, 0.15) is 232 Å². The second kappa shape index (κ2) is 58.0. The predicted octanol–water partition coefficient (Wildman–Crippen LogP) is 5.61. The van der Waals surface area contributed by atoms with Gasteiger partial charge in [-0.3, -0.25) is 47.9 Å². The van der Waals surface area contributed by atoms with Gasteiger partial charge in [0.05, 0.1) is 63.8 Å². The molecule has 2 rings (SSSR count). The maximum atomic E-state index is 15.4. The van der Waals surface area contributed by atoms with Crippen LogP contribution in [0.3, 0.4) is 0 Å². The lowest BCUT2D eigenvalue weighted by atomic mass is 9.89. The summed E-state index contributed by atoms with van der Waals surface area (Å²) in [5.74, 6) is -11.1. The third-order valence-electron chi connectivity index (χ3n) is 18.7. The first-order valence-corrected chi connectivity index (χ1v) is 43.2. The fourth-order valence-corrected chi connectivity index (χ4v) is 12.7. The topological polar surface area (TPSA) is 498 Å². The Morgan fingerprint density at radius 1 is 0.496 bits per heavy atom. The SMILES string of the molecule is C#CCOCCOCCOCCOCCC[C@@H](CCNC(=O)OC(C)(C)C)C(=O)N[C@H](C(=O)C[C@@H](CCNC(=O)OC(C)(C)C)C(=O)N[C@H]1CCNC(=O)C([C@@H](C)O)CC(=O)C(CCNC(=O)OC(C)(C)C)NC(=O)[C@H](CCNC(=O)OC(C)(C)C)NC(=O)[C@H](CC(C)C)NC(=O)[C@@H](Cc2ccccc2)NC(=O)[C@H](CCC)NC1=O)[C@H](O)CCCCCC.